The van der Waals surface area contributed by atoms with Crippen molar-refractivity contribution in [2.24, 2.45) is 0 Å². The summed E-state index contributed by atoms with van der Waals surface area (Å²) in [5, 5.41) is 9.08. The standard InChI is InChI=1S/C32H39N3O8/c1-38-25-15-21(16-26(39-2)31(25)42-5)11-7-9-13-29(36)34-23-19-33-20-24(23)35-30(37)14-10-8-12-22-17-27(40-3)32(43-6)28(18-22)41-4/h7-18,23-24,33H,19-20H2,1-6H3,(H,34,36)(H,35,37)/b11-7+,12-8+,13-9+,14-10+/t23-,24?/m1/s1. The third kappa shape index (κ3) is 9.04. The van der Waals surface area contributed by atoms with Gasteiger partial charge >= 0.3 is 0 Å². The van der Waals surface area contributed by atoms with Crippen molar-refractivity contribution in [1.29, 1.82) is 0 Å². The van der Waals surface area contributed by atoms with Crippen LogP contribution in [0, 0.1) is 0 Å². The van der Waals surface area contributed by atoms with E-state index >= 15 is 0 Å². The lowest BCUT2D eigenvalue weighted by atomic mass is 10.1. The summed E-state index contributed by atoms with van der Waals surface area (Å²) < 4.78 is 32.1. The third-order valence-electron chi connectivity index (χ3n) is 6.54. The van der Waals surface area contributed by atoms with Gasteiger partial charge in [-0.1, -0.05) is 36.5 Å². The summed E-state index contributed by atoms with van der Waals surface area (Å²) in [5.41, 5.74) is 1.63. The second-order valence-electron chi connectivity index (χ2n) is 9.24. The van der Waals surface area contributed by atoms with Crippen LogP contribution in [0.5, 0.6) is 34.5 Å². The number of carbonyl (C=O) groups is 2. The number of rotatable bonds is 14. The molecule has 3 N–H and O–H groups in total. The zero-order chi connectivity index (χ0) is 31.2. The minimum absolute atomic E-state index is 0.261. The molecule has 0 radical (unpaired) electrons. The predicted molar refractivity (Wildman–Crippen MR) is 165 cm³/mol. The number of hydrogen-bond acceptors (Lipinski definition) is 9. The van der Waals surface area contributed by atoms with Crippen LogP contribution in [0.2, 0.25) is 0 Å². The van der Waals surface area contributed by atoms with Gasteiger partial charge in [-0.15, -0.1) is 0 Å². The van der Waals surface area contributed by atoms with Crippen molar-refractivity contribution in [2.45, 2.75) is 12.1 Å². The van der Waals surface area contributed by atoms with Crippen LogP contribution < -0.4 is 44.4 Å². The van der Waals surface area contributed by atoms with Crippen molar-refractivity contribution in [3.8, 4) is 34.5 Å². The van der Waals surface area contributed by atoms with Crippen LogP contribution >= 0.6 is 0 Å². The highest BCUT2D eigenvalue weighted by atomic mass is 16.5. The van der Waals surface area contributed by atoms with E-state index in [0.29, 0.717) is 47.6 Å². The summed E-state index contributed by atoms with van der Waals surface area (Å²) in [5.74, 6) is 2.61. The number of amides is 2. The second kappa shape index (κ2) is 16.5. The summed E-state index contributed by atoms with van der Waals surface area (Å²) in [6.07, 6.45) is 13.2. The molecule has 2 atom stereocenters. The Balaban J connectivity index is 1.53. The first-order chi connectivity index (χ1) is 20.9. The monoisotopic (exact) mass is 593 g/mol. The van der Waals surface area contributed by atoms with Gasteiger partial charge in [0.25, 0.3) is 0 Å². The number of ether oxygens (including phenoxy) is 6. The minimum atomic E-state index is -0.272. The normalized spacial score (nSPS) is 16.6. The Morgan fingerprint density at radius 3 is 1.26 bits per heavy atom. The first kappa shape index (κ1) is 32.6. The fourth-order valence-corrected chi connectivity index (χ4v) is 4.46. The van der Waals surface area contributed by atoms with Gasteiger partial charge in [0.05, 0.1) is 54.7 Å². The summed E-state index contributed by atoms with van der Waals surface area (Å²) >= 11 is 0. The van der Waals surface area contributed by atoms with Gasteiger partial charge in [-0.05, 0) is 35.4 Å². The van der Waals surface area contributed by atoms with Gasteiger partial charge in [-0.25, -0.2) is 0 Å². The van der Waals surface area contributed by atoms with E-state index in [0.717, 1.165) is 11.1 Å². The van der Waals surface area contributed by atoms with Crippen LogP contribution in [0.3, 0.4) is 0 Å². The van der Waals surface area contributed by atoms with Gasteiger partial charge in [0.15, 0.2) is 23.0 Å². The molecule has 0 saturated carbocycles. The fraction of sp³-hybridized carbons (Fsp3) is 0.312. The topological polar surface area (TPSA) is 126 Å². The van der Waals surface area contributed by atoms with Crippen molar-refractivity contribution in [2.75, 3.05) is 55.7 Å². The highest BCUT2D eigenvalue weighted by Gasteiger charge is 2.28. The van der Waals surface area contributed by atoms with Crippen molar-refractivity contribution in [1.82, 2.24) is 16.0 Å². The Bertz CT molecular complexity index is 1230. The summed E-state index contributed by atoms with van der Waals surface area (Å²) in [6.45, 7) is 1.08. The van der Waals surface area contributed by atoms with Crippen LogP contribution in [0.25, 0.3) is 12.2 Å². The van der Waals surface area contributed by atoms with E-state index < -0.39 is 0 Å². The molecule has 11 nitrogen and oxygen atoms in total. The van der Waals surface area contributed by atoms with E-state index in [9.17, 15) is 9.59 Å². The molecule has 1 unspecified atom stereocenters. The van der Waals surface area contributed by atoms with E-state index in [1.165, 1.54) is 12.2 Å². The third-order valence-corrected chi connectivity index (χ3v) is 6.54. The van der Waals surface area contributed by atoms with Crippen molar-refractivity contribution in [3.05, 3.63) is 71.8 Å². The molecule has 1 saturated heterocycles. The lowest BCUT2D eigenvalue weighted by Gasteiger charge is -2.19. The van der Waals surface area contributed by atoms with Gasteiger partial charge in [0.2, 0.25) is 23.3 Å². The minimum Gasteiger partial charge on any atom is -0.493 e. The average Bonchev–Trinajstić information content (AvgIpc) is 3.45. The van der Waals surface area contributed by atoms with Gasteiger partial charge < -0.3 is 44.4 Å². The van der Waals surface area contributed by atoms with E-state index in [2.05, 4.69) is 16.0 Å². The number of hydrogen-bond donors (Lipinski definition) is 3. The number of nitrogens with one attached hydrogen (secondary N) is 3. The van der Waals surface area contributed by atoms with Gasteiger partial charge in [0.1, 0.15) is 0 Å². The molecule has 1 aliphatic rings. The number of methoxy groups -OCH3 is 6. The molecular weight excluding hydrogens is 554 g/mol. The fourth-order valence-electron chi connectivity index (χ4n) is 4.46. The molecule has 3 rings (SSSR count). The molecular formula is C32H39N3O8. The Kier molecular flexibility index (Phi) is 12.5. The van der Waals surface area contributed by atoms with Crippen LogP contribution in [0.4, 0.5) is 0 Å². The van der Waals surface area contributed by atoms with E-state index in [-0.39, 0.29) is 23.9 Å². The molecule has 1 fully saturated rings. The largest absolute Gasteiger partial charge is 0.493 e. The first-order valence-corrected chi connectivity index (χ1v) is 13.5. The quantitative estimate of drug-likeness (QED) is 0.224. The highest BCUT2D eigenvalue weighted by Crippen LogP contribution is 2.39. The average molecular weight is 594 g/mol. The predicted octanol–water partition coefficient (Wildman–Crippen LogP) is 3.15. The lowest BCUT2D eigenvalue weighted by molar-refractivity contribution is -0.119. The number of allylic oxidation sites excluding steroid dienone is 4. The molecule has 2 aromatic carbocycles. The first-order valence-electron chi connectivity index (χ1n) is 13.5. The molecule has 0 spiro atoms. The molecule has 230 valence electrons. The van der Waals surface area contributed by atoms with E-state index in [1.807, 2.05) is 12.2 Å². The van der Waals surface area contributed by atoms with Gasteiger partial charge in [-0.2, -0.15) is 0 Å². The number of carbonyl (C=O) groups excluding carboxylic acids is 2. The Morgan fingerprint density at radius 2 is 0.953 bits per heavy atom. The van der Waals surface area contributed by atoms with Crippen molar-refractivity contribution < 1.29 is 38.0 Å². The molecule has 43 heavy (non-hydrogen) atoms. The van der Waals surface area contributed by atoms with Gasteiger partial charge in [-0.3, -0.25) is 9.59 Å². The Hall–Kier alpha value is -4.90. The maximum Gasteiger partial charge on any atom is 0.244 e. The highest BCUT2D eigenvalue weighted by molar-refractivity contribution is 5.89. The Morgan fingerprint density at radius 1 is 0.605 bits per heavy atom. The zero-order valence-electron chi connectivity index (χ0n) is 25.3. The second-order valence-corrected chi connectivity index (χ2v) is 9.24. The maximum atomic E-state index is 12.5. The molecule has 2 aromatic rings. The SMILES string of the molecule is COc1cc(/C=C/C=C/C(=O)NC2CNC[C@H]2NC(=O)/C=C/C=C/c2cc(OC)c(OC)c(OC)c2)cc(OC)c1OC. The lowest BCUT2D eigenvalue weighted by Crippen LogP contribution is -2.50. The van der Waals surface area contributed by atoms with E-state index in [1.54, 1.807) is 91.2 Å². The zero-order valence-corrected chi connectivity index (χ0v) is 25.3. The van der Waals surface area contributed by atoms with Crippen LogP contribution in [-0.4, -0.2) is 79.6 Å². The van der Waals surface area contributed by atoms with Crippen LogP contribution in [-0.2, 0) is 9.59 Å². The molecule has 1 aliphatic heterocycles. The van der Waals surface area contributed by atoms with Crippen LogP contribution in [0.1, 0.15) is 11.1 Å². The Labute approximate surface area is 252 Å². The summed E-state index contributed by atoms with van der Waals surface area (Å²) in [4.78, 5) is 25.1. The molecule has 1 heterocycles. The summed E-state index contributed by atoms with van der Waals surface area (Å²) in [6, 6.07) is 6.70. The molecule has 11 heteroatoms. The van der Waals surface area contributed by atoms with E-state index in [4.69, 9.17) is 28.4 Å². The smallest absolute Gasteiger partial charge is 0.244 e. The maximum absolute atomic E-state index is 12.5. The molecule has 0 aromatic heterocycles. The van der Waals surface area contributed by atoms with Crippen LogP contribution in [0.15, 0.2) is 60.7 Å². The van der Waals surface area contributed by atoms with Gasteiger partial charge in [0, 0.05) is 25.2 Å². The number of benzene rings is 2. The van der Waals surface area contributed by atoms with Crippen molar-refractivity contribution in [3.63, 3.8) is 0 Å². The molecule has 0 bridgehead atoms. The summed E-state index contributed by atoms with van der Waals surface area (Å²) in [7, 11) is 9.29. The molecule has 0 aliphatic carbocycles. The molecule has 2 amide bonds. The van der Waals surface area contributed by atoms with Crippen molar-refractivity contribution >= 4 is 24.0 Å².